The highest BCUT2D eigenvalue weighted by molar-refractivity contribution is 6.20. The van der Waals surface area contributed by atoms with Gasteiger partial charge in [0.1, 0.15) is 41.8 Å². The van der Waals surface area contributed by atoms with Crippen LogP contribution in [-0.2, 0) is 52.7 Å². The van der Waals surface area contributed by atoms with Gasteiger partial charge in [-0.2, -0.15) is 13.2 Å². The summed E-state index contributed by atoms with van der Waals surface area (Å²) >= 11 is 6.37. The number of fused-ring (bicyclic) bond motifs is 1. The fourth-order valence-corrected chi connectivity index (χ4v) is 14.9. The Morgan fingerprint density at radius 1 is 0.630 bits per heavy atom. The van der Waals surface area contributed by atoms with Crippen LogP contribution in [0.2, 0.25) is 0 Å². The second-order valence-corrected chi connectivity index (χ2v) is 28.8. The average molecular weight is 1330 g/mol. The first-order valence-electron chi connectivity index (χ1n) is 34.0. The van der Waals surface area contributed by atoms with Gasteiger partial charge in [0.05, 0.1) is 25.6 Å². The molecule has 0 bridgehead atoms. The Morgan fingerprint density at radius 3 is 1.85 bits per heavy atom. The van der Waals surface area contributed by atoms with Crippen molar-refractivity contribution in [2.75, 3.05) is 68.0 Å². The van der Waals surface area contributed by atoms with Gasteiger partial charge >= 0.3 is 6.18 Å². The Kier molecular flexibility index (Phi) is 28.9. The zero-order chi connectivity index (χ0) is 68.7. The predicted molar refractivity (Wildman–Crippen MR) is 343 cm³/mol. The van der Waals surface area contributed by atoms with E-state index in [9.17, 15) is 56.3 Å². The summed E-state index contributed by atoms with van der Waals surface area (Å²) < 4.78 is 41.8. The Labute approximate surface area is 549 Å². The summed E-state index contributed by atoms with van der Waals surface area (Å²) in [5.41, 5.74) is -1.48. The van der Waals surface area contributed by atoms with Crippen LogP contribution in [0.5, 0.6) is 0 Å². The fourth-order valence-electron chi connectivity index (χ4n) is 14.4. The van der Waals surface area contributed by atoms with Gasteiger partial charge in [-0.3, -0.25) is 52.7 Å². The van der Waals surface area contributed by atoms with Crippen LogP contribution in [-0.4, -0.2) is 227 Å². The first-order valence-corrected chi connectivity index (χ1v) is 34.4. The van der Waals surface area contributed by atoms with Crippen molar-refractivity contribution in [2.24, 2.45) is 35.5 Å². The van der Waals surface area contributed by atoms with E-state index >= 15 is 9.59 Å². The number of nitrogens with one attached hydrogen (secondary N) is 4. The summed E-state index contributed by atoms with van der Waals surface area (Å²) in [7, 11) is 7.29. The van der Waals surface area contributed by atoms with E-state index in [0.717, 1.165) is 32.1 Å². The van der Waals surface area contributed by atoms with Crippen molar-refractivity contribution in [2.45, 2.75) is 250 Å². The van der Waals surface area contributed by atoms with Gasteiger partial charge in [0.2, 0.25) is 65.0 Å². The molecule has 0 aromatic carbocycles. The standard InChI is InChI=1S/C66H109ClF3N11O11/c1-14-31-80-39-54(84)78(12)51(36-44-22-17-16-18-23-44)62(90)75(9)37-52(82)72-48(28-26-45-25-27-46(47(67)35-45)66(68,69)70)61(89)81-32-21-24-49(81)59(87)74-65(29-19-20-30-65)64(92)79(13)57(41(5)6)60(88)71-43(8)34-53(83)77(11)50(33-40(3)4)58(86)73-56(42(7)15-2)63(91)76(10)38-55(80)85/h40-51,56-57H,14-39H2,1-13H3,(H,71,88)(H,72,82)(H,73,86)(H,74,87)/t42-,43+,45?,46?,47?,48-,49-,50-,51-,56-,57-/m0/s1. The van der Waals surface area contributed by atoms with Gasteiger partial charge in [0.25, 0.3) is 0 Å². The molecular formula is C66H109ClF3N11O11. The molecule has 1 spiro atoms. The molecule has 5 rings (SSSR count). The minimum absolute atomic E-state index is 0.0150. The second-order valence-electron chi connectivity index (χ2n) is 28.2. The normalized spacial score (nSPS) is 29.5. The van der Waals surface area contributed by atoms with Crippen LogP contribution in [0.4, 0.5) is 13.2 Å². The van der Waals surface area contributed by atoms with Crippen molar-refractivity contribution >= 4 is 76.6 Å². The lowest BCUT2D eigenvalue weighted by Crippen LogP contribution is -2.64. The Hall–Kier alpha value is -5.75. The van der Waals surface area contributed by atoms with E-state index in [1.54, 1.807) is 27.7 Å². The number of hydrogen-bond acceptors (Lipinski definition) is 11. The molecule has 92 heavy (non-hydrogen) atoms. The smallest absolute Gasteiger partial charge is 0.351 e. The maximum absolute atomic E-state index is 15.1. The fraction of sp³-hybridized carbons (Fsp3) is 0.833. The number of nitrogens with zero attached hydrogens (tertiary/aromatic N) is 7. The number of amides is 11. The minimum atomic E-state index is -4.49. The molecule has 2 heterocycles. The van der Waals surface area contributed by atoms with Crippen LogP contribution in [0.15, 0.2) is 0 Å². The van der Waals surface area contributed by atoms with E-state index in [-0.39, 0.29) is 101 Å². The van der Waals surface area contributed by atoms with Crippen molar-refractivity contribution in [1.82, 2.24) is 55.6 Å². The zero-order valence-electron chi connectivity index (χ0n) is 57.1. The molecule has 0 radical (unpaired) electrons. The van der Waals surface area contributed by atoms with E-state index in [4.69, 9.17) is 11.6 Å². The molecule has 0 aromatic rings. The van der Waals surface area contributed by atoms with Gasteiger partial charge in [0.15, 0.2) is 0 Å². The van der Waals surface area contributed by atoms with E-state index in [0.29, 0.717) is 32.1 Å². The summed E-state index contributed by atoms with van der Waals surface area (Å²) in [6.45, 7) is 13.1. The number of likely N-dealkylation sites (N-methyl/N-ethyl adjacent to an activating group) is 5. The Morgan fingerprint density at radius 2 is 1.26 bits per heavy atom. The number of alkyl halides is 4. The highest BCUT2D eigenvalue weighted by Crippen LogP contribution is 2.44. The molecule has 2 aliphatic heterocycles. The molecule has 3 aliphatic carbocycles. The third-order valence-corrected chi connectivity index (χ3v) is 20.6. The minimum Gasteiger partial charge on any atom is -0.351 e. The van der Waals surface area contributed by atoms with Crippen LogP contribution in [0.3, 0.4) is 0 Å². The summed E-state index contributed by atoms with van der Waals surface area (Å²) in [4.78, 5) is 170. The van der Waals surface area contributed by atoms with Crippen LogP contribution in [0.25, 0.3) is 0 Å². The predicted octanol–water partition coefficient (Wildman–Crippen LogP) is 6.01. The molecule has 0 aromatic heterocycles. The molecule has 26 heteroatoms. The molecule has 5 fully saturated rings. The van der Waals surface area contributed by atoms with E-state index in [1.807, 2.05) is 27.7 Å². The Bertz CT molecular complexity index is 2590. The third kappa shape index (κ3) is 20.4. The number of rotatable bonds is 12. The molecule has 2 saturated heterocycles. The molecular weight excluding hydrogens is 1220 g/mol. The molecule has 5 aliphatic rings. The summed E-state index contributed by atoms with van der Waals surface area (Å²) in [5, 5.41) is 10.5. The summed E-state index contributed by atoms with van der Waals surface area (Å²) in [5.74, 6) is -9.46. The Balaban J connectivity index is 1.55. The van der Waals surface area contributed by atoms with E-state index in [1.165, 1.54) is 69.5 Å². The number of halogens is 4. The van der Waals surface area contributed by atoms with Crippen molar-refractivity contribution in [3.05, 3.63) is 0 Å². The lowest BCUT2D eigenvalue weighted by atomic mass is 9.78. The van der Waals surface area contributed by atoms with Gasteiger partial charge in [-0.05, 0) is 114 Å². The van der Waals surface area contributed by atoms with Gasteiger partial charge in [-0.15, -0.1) is 11.6 Å². The number of hydrogen-bond donors (Lipinski definition) is 4. The van der Waals surface area contributed by atoms with E-state index in [2.05, 4.69) is 21.3 Å². The summed E-state index contributed by atoms with van der Waals surface area (Å²) in [6, 6.07) is -7.58. The van der Waals surface area contributed by atoms with Gasteiger partial charge in [-0.1, -0.05) is 99.8 Å². The molecule has 11 amide bonds. The maximum Gasteiger partial charge on any atom is 0.393 e. The quantitative estimate of drug-likeness (QED) is 0.165. The molecule has 11 atom stereocenters. The van der Waals surface area contributed by atoms with Gasteiger partial charge < -0.3 is 55.6 Å². The third-order valence-electron chi connectivity index (χ3n) is 20.1. The van der Waals surface area contributed by atoms with Crippen molar-refractivity contribution in [1.29, 1.82) is 0 Å². The van der Waals surface area contributed by atoms with Crippen LogP contribution < -0.4 is 21.3 Å². The highest BCUT2D eigenvalue weighted by Gasteiger charge is 2.51. The largest absolute Gasteiger partial charge is 0.393 e. The highest BCUT2D eigenvalue weighted by atomic mass is 35.5. The van der Waals surface area contributed by atoms with Gasteiger partial charge in [0, 0.05) is 66.2 Å². The van der Waals surface area contributed by atoms with E-state index < -0.39 is 162 Å². The first-order chi connectivity index (χ1) is 43.2. The van der Waals surface area contributed by atoms with Gasteiger partial charge in [-0.25, -0.2) is 0 Å². The molecule has 22 nitrogen and oxygen atoms in total. The maximum atomic E-state index is 15.1. The first kappa shape index (κ1) is 77.0. The lowest BCUT2D eigenvalue weighted by Gasteiger charge is -2.39. The van der Waals surface area contributed by atoms with Crippen molar-refractivity contribution < 1.29 is 65.9 Å². The molecule has 4 N–H and O–H groups in total. The molecule has 3 unspecified atom stereocenters. The number of carbonyl (C=O) groups excluding carboxylic acids is 11. The van der Waals surface area contributed by atoms with Crippen molar-refractivity contribution in [3.63, 3.8) is 0 Å². The van der Waals surface area contributed by atoms with Crippen LogP contribution in [0.1, 0.15) is 190 Å². The second kappa shape index (κ2) is 34.6. The molecule has 3 saturated carbocycles. The molecule has 522 valence electrons. The van der Waals surface area contributed by atoms with Crippen LogP contribution >= 0.6 is 11.6 Å². The SMILES string of the molecule is CCCN1CC(=O)N(C)[C@@H](CC2CCCCC2)C(=O)N(C)CC(=O)N[C@@H](CCC2CCC(C(F)(F)F)C(Cl)C2)C(=O)N2CCC[C@H]2C(=O)NC2(CCCC2)C(=O)N(C)[C@@H](C(C)C)C(=O)N[C@H](C)CC(=O)N(C)[C@@H](CC(C)C)C(=O)N[C@@H]([C@@H](C)CC)C(=O)N(C)CC1=O. The monoisotopic (exact) mass is 1320 g/mol. The van der Waals surface area contributed by atoms with Crippen LogP contribution in [0, 0.1) is 35.5 Å². The topological polar surface area (TPSA) is 259 Å². The van der Waals surface area contributed by atoms with Crippen molar-refractivity contribution in [3.8, 4) is 0 Å². The zero-order valence-corrected chi connectivity index (χ0v) is 57.9. The average Bonchev–Trinajstić information content (AvgIpc) is 1.70. The lowest BCUT2D eigenvalue weighted by molar-refractivity contribution is -0.182. The summed E-state index contributed by atoms with van der Waals surface area (Å²) in [6.07, 6.45) is 3.34. The number of carbonyl (C=O) groups is 11.